The maximum Gasteiger partial charge on any atom is 0.240 e. The molecule has 20 heavy (non-hydrogen) atoms. The van der Waals surface area contributed by atoms with Gasteiger partial charge in [0.1, 0.15) is 6.04 Å². The SMILES string of the molecule is CC(Cc1ccc(Br)cc1)NC(=O)[C@H]1NCCO[C@@H]1C. The number of rotatable bonds is 4. The van der Waals surface area contributed by atoms with Gasteiger partial charge >= 0.3 is 0 Å². The zero-order valence-corrected chi connectivity index (χ0v) is 13.4. The average Bonchev–Trinajstić information content (AvgIpc) is 2.41. The van der Waals surface area contributed by atoms with E-state index in [1.165, 1.54) is 5.56 Å². The second-order valence-electron chi connectivity index (χ2n) is 5.25. The van der Waals surface area contributed by atoms with E-state index in [0.717, 1.165) is 17.4 Å². The summed E-state index contributed by atoms with van der Waals surface area (Å²) >= 11 is 3.42. The molecule has 1 aromatic carbocycles. The van der Waals surface area contributed by atoms with Gasteiger partial charge in [0.2, 0.25) is 5.91 Å². The molecule has 0 spiro atoms. The number of morpholine rings is 1. The molecule has 1 aliphatic heterocycles. The molecule has 1 amide bonds. The van der Waals surface area contributed by atoms with Crippen molar-refractivity contribution in [2.45, 2.75) is 38.5 Å². The molecule has 2 rings (SSSR count). The van der Waals surface area contributed by atoms with E-state index in [-0.39, 0.29) is 24.1 Å². The maximum atomic E-state index is 12.2. The maximum absolute atomic E-state index is 12.2. The summed E-state index contributed by atoms with van der Waals surface area (Å²) in [5.74, 6) is 0.0156. The highest BCUT2D eigenvalue weighted by molar-refractivity contribution is 9.10. The molecule has 1 saturated heterocycles. The van der Waals surface area contributed by atoms with Gasteiger partial charge in [0.25, 0.3) is 0 Å². The van der Waals surface area contributed by atoms with Gasteiger partial charge in [-0.3, -0.25) is 4.79 Å². The summed E-state index contributed by atoms with van der Waals surface area (Å²) in [5, 5.41) is 6.25. The molecule has 1 aromatic rings. The molecule has 1 aliphatic rings. The van der Waals surface area contributed by atoms with E-state index in [9.17, 15) is 4.79 Å². The van der Waals surface area contributed by atoms with Crippen LogP contribution in [0.1, 0.15) is 19.4 Å². The summed E-state index contributed by atoms with van der Waals surface area (Å²) in [6.07, 6.45) is 0.740. The highest BCUT2D eigenvalue weighted by atomic mass is 79.9. The molecule has 4 nitrogen and oxygen atoms in total. The Hall–Kier alpha value is -0.910. The second-order valence-corrected chi connectivity index (χ2v) is 6.16. The number of carbonyl (C=O) groups excluding carboxylic acids is 1. The van der Waals surface area contributed by atoms with Gasteiger partial charge < -0.3 is 15.4 Å². The summed E-state index contributed by atoms with van der Waals surface area (Å²) < 4.78 is 6.56. The fraction of sp³-hybridized carbons (Fsp3) is 0.533. The van der Waals surface area contributed by atoms with Crippen molar-refractivity contribution < 1.29 is 9.53 Å². The van der Waals surface area contributed by atoms with Gasteiger partial charge in [0.05, 0.1) is 12.7 Å². The van der Waals surface area contributed by atoms with Crippen molar-refractivity contribution in [2.24, 2.45) is 0 Å². The largest absolute Gasteiger partial charge is 0.375 e. The number of carbonyl (C=O) groups is 1. The van der Waals surface area contributed by atoms with Crippen molar-refractivity contribution in [1.82, 2.24) is 10.6 Å². The number of benzene rings is 1. The van der Waals surface area contributed by atoms with Crippen molar-refractivity contribution in [1.29, 1.82) is 0 Å². The summed E-state index contributed by atoms with van der Waals surface area (Å²) in [6, 6.07) is 8.01. The van der Waals surface area contributed by atoms with Crippen molar-refractivity contribution in [3.8, 4) is 0 Å². The van der Waals surface area contributed by atoms with Crippen LogP contribution in [-0.4, -0.2) is 37.2 Å². The van der Waals surface area contributed by atoms with Crippen molar-refractivity contribution in [3.05, 3.63) is 34.3 Å². The van der Waals surface area contributed by atoms with Crippen molar-refractivity contribution >= 4 is 21.8 Å². The van der Waals surface area contributed by atoms with Crippen LogP contribution in [0.4, 0.5) is 0 Å². The lowest BCUT2D eigenvalue weighted by Crippen LogP contribution is -2.56. The Morgan fingerprint density at radius 1 is 1.50 bits per heavy atom. The number of hydrogen-bond donors (Lipinski definition) is 2. The van der Waals surface area contributed by atoms with Crippen LogP contribution in [0.2, 0.25) is 0 Å². The zero-order valence-electron chi connectivity index (χ0n) is 11.9. The minimum absolute atomic E-state index is 0.0156. The number of hydrogen-bond acceptors (Lipinski definition) is 3. The van der Waals surface area contributed by atoms with Crippen LogP contribution in [0, 0.1) is 0 Å². The smallest absolute Gasteiger partial charge is 0.240 e. The monoisotopic (exact) mass is 340 g/mol. The Morgan fingerprint density at radius 2 is 2.20 bits per heavy atom. The predicted octanol–water partition coefficient (Wildman–Crippen LogP) is 1.87. The molecule has 0 radical (unpaired) electrons. The third kappa shape index (κ3) is 4.30. The number of nitrogens with one attached hydrogen (secondary N) is 2. The quantitative estimate of drug-likeness (QED) is 0.879. The first-order chi connectivity index (χ1) is 9.56. The number of ether oxygens (including phenoxy) is 1. The predicted molar refractivity (Wildman–Crippen MR) is 82.7 cm³/mol. The standard InChI is InChI=1S/C15H21BrN2O2/c1-10(9-12-3-5-13(16)6-4-12)18-15(19)14-11(2)20-8-7-17-14/h3-6,10-11,14,17H,7-9H2,1-2H3,(H,18,19)/t10?,11-,14+/m1/s1. The Labute approximate surface area is 128 Å². The van der Waals surface area contributed by atoms with Crippen LogP contribution >= 0.6 is 15.9 Å². The summed E-state index contributed by atoms with van der Waals surface area (Å²) in [7, 11) is 0. The van der Waals surface area contributed by atoms with Crippen LogP contribution in [-0.2, 0) is 16.0 Å². The van der Waals surface area contributed by atoms with Gasteiger partial charge in [0.15, 0.2) is 0 Å². The van der Waals surface area contributed by atoms with Crippen LogP contribution < -0.4 is 10.6 Å². The third-order valence-corrected chi connectivity index (χ3v) is 3.97. The fourth-order valence-electron chi connectivity index (χ4n) is 2.39. The zero-order chi connectivity index (χ0) is 14.5. The Bertz CT molecular complexity index is 450. The van der Waals surface area contributed by atoms with E-state index in [2.05, 4.69) is 38.7 Å². The molecule has 0 bridgehead atoms. The van der Waals surface area contributed by atoms with Gasteiger partial charge in [-0.15, -0.1) is 0 Å². The lowest BCUT2D eigenvalue weighted by molar-refractivity contribution is -0.129. The molecule has 0 aromatic heterocycles. The van der Waals surface area contributed by atoms with E-state index >= 15 is 0 Å². The van der Waals surface area contributed by atoms with Gasteiger partial charge in [-0.25, -0.2) is 0 Å². The number of amides is 1. The van der Waals surface area contributed by atoms with Gasteiger partial charge in [-0.2, -0.15) is 0 Å². The Balaban J connectivity index is 1.85. The minimum atomic E-state index is -0.254. The fourth-order valence-corrected chi connectivity index (χ4v) is 2.65. The molecule has 110 valence electrons. The van der Waals surface area contributed by atoms with Crippen molar-refractivity contribution in [2.75, 3.05) is 13.2 Å². The normalized spacial score (nSPS) is 24.1. The molecule has 3 atom stereocenters. The third-order valence-electron chi connectivity index (χ3n) is 3.44. The molecule has 0 aliphatic carbocycles. The van der Waals surface area contributed by atoms with Crippen LogP contribution in [0.15, 0.2) is 28.7 Å². The topological polar surface area (TPSA) is 50.4 Å². The summed E-state index contributed by atoms with van der Waals surface area (Å²) in [6.45, 7) is 5.34. The van der Waals surface area contributed by atoms with Gasteiger partial charge in [-0.05, 0) is 38.0 Å². The van der Waals surface area contributed by atoms with Crippen LogP contribution in [0.3, 0.4) is 0 Å². The first-order valence-corrected chi connectivity index (χ1v) is 7.75. The average molecular weight is 341 g/mol. The lowest BCUT2D eigenvalue weighted by atomic mass is 10.1. The van der Waals surface area contributed by atoms with Crippen LogP contribution in [0.5, 0.6) is 0 Å². The van der Waals surface area contributed by atoms with E-state index in [1.807, 2.05) is 26.0 Å². The highest BCUT2D eigenvalue weighted by Gasteiger charge is 2.28. The van der Waals surface area contributed by atoms with Gasteiger partial charge in [-0.1, -0.05) is 28.1 Å². The first-order valence-electron chi connectivity index (χ1n) is 6.96. The molecule has 2 N–H and O–H groups in total. The molecular formula is C15H21BrN2O2. The summed E-state index contributed by atoms with van der Waals surface area (Å²) in [4.78, 5) is 12.2. The molecule has 1 unspecified atom stereocenters. The molecular weight excluding hydrogens is 320 g/mol. The highest BCUT2D eigenvalue weighted by Crippen LogP contribution is 2.12. The molecule has 5 heteroatoms. The second kappa shape index (κ2) is 7.20. The first kappa shape index (κ1) is 15.5. The Morgan fingerprint density at radius 3 is 2.85 bits per heavy atom. The molecule has 1 heterocycles. The van der Waals surface area contributed by atoms with Gasteiger partial charge in [0, 0.05) is 17.1 Å². The van der Waals surface area contributed by atoms with Crippen molar-refractivity contribution in [3.63, 3.8) is 0 Å². The van der Waals surface area contributed by atoms with E-state index < -0.39 is 0 Å². The lowest BCUT2D eigenvalue weighted by Gasteiger charge is -2.30. The minimum Gasteiger partial charge on any atom is -0.375 e. The van der Waals surface area contributed by atoms with E-state index in [0.29, 0.717) is 6.61 Å². The summed E-state index contributed by atoms with van der Waals surface area (Å²) in [5.41, 5.74) is 1.21. The Kier molecular flexibility index (Phi) is 5.57. The molecule has 1 fully saturated rings. The van der Waals surface area contributed by atoms with Crippen LogP contribution in [0.25, 0.3) is 0 Å². The van der Waals surface area contributed by atoms with E-state index in [4.69, 9.17) is 4.74 Å². The molecule has 0 saturated carbocycles. The number of halogens is 1. The van der Waals surface area contributed by atoms with E-state index in [1.54, 1.807) is 0 Å².